The van der Waals surface area contributed by atoms with Crippen molar-refractivity contribution in [2.24, 2.45) is 10.2 Å². The van der Waals surface area contributed by atoms with Crippen LogP contribution in [0.1, 0.15) is 19.4 Å². The quantitative estimate of drug-likeness (QED) is 0.500. The van der Waals surface area contributed by atoms with Gasteiger partial charge < -0.3 is 0 Å². The first kappa shape index (κ1) is 16.1. The summed E-state index contributed by atoms with van der Waals surface area (Å²) in [7, 11) is 0. The number of benzene rings is 2. The molecular formula is C15H16Br2N2. The molecule has 0 saturated heterocycles. The Hall–Kier alpha value is -1.00. The highest BCUT2D eigenvalue weighted by Gasteiger charge is 2.02. The van der Waals surface area contributed by atoms with Crippen molar-refractivity contribution in [1.29, 1.82) is 0 Å². The summed E-state index contributed by atoms with van der Waals surface area (Å²) in [5.74, 6) is 0. The highest BCUT2D eigenvalue weighted by Crippen LogP contribution is 2.31. The second-order valence-corrected chi connectivity index (χ2v) is 5.28. The van der Waals surface area contributed by atoms with E-state index >= 15 is 0 Å². The van der Waals surface area contributed by atoms with Crippen molar-refractivity contribution in [2.45, 2.75) is 20.8 Å². The molecule has 0 N–H and O–H groups in total. The maximum Gasteiger partial charge on any atom is 0.0879 e. The molecule has 0 spiro atoms. The number of hydrogen-bond acceptors (Lipinski definition) is 2. The summed E-state index contributed by atoms with van der Waals surface area (Å²) in [5.41, 5.74) is 2.82. The van der Waals surface area contributed by atoms with Gasteiger partial charge in [0.1, 0.15) is 0 Å². The van der Waals surface area contributed by atoms with Crippen molar-refractivity contribution in [1.82, 2.24) is 0 Å². The van der Waals surface area contributed by atoms with Gasteiger partial charge in [0.05, 0.1) is 11.4 Å². The van der Waals surface area contributed by atoms with Crippen LogP contribution in [0.4, 0.5) is 11.4 Å². The van der Waals surface area contributed by atoms with Gasteiger partial charge in [0.25, 0.3) is 0 Å². The molecule has 0 unspecified atom stereocenters. The molecule has 0 radical (unpaired) electrons. The Bertz CT molecular complexity index is 528. The highest BCUT2D eigenvalue weighted by molar-refractivity contribution is 9.11. The molecule has 0 bridgehead atoms. The third-order valence-corrected chi connectivity index (χ3v) is 3.95. The summed E-state index contributed by atoms with van der Waals surface area (Å²) in [6.45, 7) is 6.03. The predicted molar refractivity (Wildman–Crippen MR) is 88.5 cm³/mol. The number of rotatable bonds is 2. The lowest BCUT2D eigenvalue weighted by Crippen LogP contribution is -1.77. The monoisotopic (exact) mass is 382 g/mol. The van der Waals surface area contributed by atoms with Crippen LogP contribution in [0, 0.1) is 6.92 Å². The van der Waals surface area contributed by atoms with E-state index in [-0.39, 0.29) is 0 Å². The normalized spacial score (nSPS) is 10.2. The van der Waals surface area contributed by atoms with Crippen LogP contribution in [0.3, 0.4) is 0 Å². The van der Waals surface area contributed by atoms with E-state index in [0.717, 1.165) is 25.9 Å². The van der Waals surface area contributed by atoms with Crippen molar-refractivity contribution in [3.8, 4) is 0 Å². The molecule has 100 valence electrons. The van der Waals surface area contributed by atoms with Gasteiger partial charge in [-0.2, -0.15) is 10.2 Å². The van der Waals surface area contributed by atoms with E-state index in [0.29, 0.717) is 0 Å². The molecule has 0 heterocycles. The fourth-order valence-electron chi connectivity index (χ4n) is 1.30. The van der Waals surface area contributed by atoms with Crippen molar-refractivity contribution in [3.63, 3.8) is 0 Å². The molecule has 19 heavy (non-hydrogen) atoms. The van der Waals surface area contributed by atoms with Gasteiger partial charge in [-0.15, -0.1) is 0 Å². The smallest absolute Gasteiger partial charge is 0.0879 e. The van der Waals surface area contributed by atoms with Crippen LogP contribution < -0.4 is 0 Å². The molecule has 0 fully saturated rings. The molecule has 0 aliphatic heterocycles. The molecule has 2 aromatic carbocycles. The molecule has 0 aliphatic rings. The molecule has 0 amide bonds. The highest BCUT2D eigenvalue weighted by atomic mass is 79.9. The molecular weight excluding hydrogens is 368 g/mol. The minimum Gasteiger partial charge on any atom is -0.151 e. The zero-order valence-corrected chi connectivity index (χ0v) is 14.4. The molecule has 4 heteroatoms. The minimum absolute atomic E-state index is 0.818. The Balaban J connectivity index is 0.000000861. The van der Waals surface area contributed by atoms with Gasteiger partial charge in [-0.05, 0) is 36.8 Å². The van der Waals surface area contributed by atoms with Gasteiger partial charge in [-0.1, -0.05) is 63.9 Å². The Morgan fingerprint density at radius 1 is 0.789 bits per heavy atom. The summed E-state index contributed by atoms with van der Waals surface area (Å²) in [6.07, 6.45) is 0. The van der Waals surface area contributed by atoms with E-state index < -0.39 is 0 Å². The van der Waals surface area contributed by atoms with Crippen molar-refractivity contribution in [2.75, 3.05) is 0 Å². The van der Waals surface area contributed by atoms with Gasteiger partial charge >= 0.3 is 0 Å². The van der Waals surface area contributed by atoms with Gasteiger partial charge in [0, 0.05) is 8.95 Å². The SMILES string of the molecule is CC.Cc1c(Br)cc(N=Nc2ccccc2)cc1Br. The second-order valence-electron chi connectivity index (χ2n) is 3.57. The fraction of sp³-hybridized carbons (Fsp3) is 0.200. The third-order valence-electron chi connectivity index (χ3n) is 2.30. The maximum absolute atomic E-state index is 4.20. The molecule has 0 aliphatic carbocycles. The summed E-state index contributed by atoms with van der Waals surface area (Å²) < 4.78 is 2.04. The van der Waals surface area contributed by atoms with Crippen LogP contribution in [0.5, 0.6) is 0 Å². The first-order valence-electron chi connectivity index (χ1n) is 6.09. The molecule has 2 nitrogen and oxygen atoms in total. The zero-order valence-electron chi connectivity index (χ0n) is 11.2. The standard InChI is InChI=1S/C13H10Br2N2.C2H6/c1-9-12(14)7-11(8-13(9)15)17-16-10-5-3-2-4-6-10;1-2/h2-8H,1H3;1-2H3. The van der Waals surface area contributed by atoms with Crippen LogP contribution in [-0.4, -0.2) is 0 Å². The summed E-state index contributed by atoms with van der Waals surface area (Å²) >= 11 is 6.98. The fourth-order valence-corrected chi connectivity index (χ4v) is 2.46. The summed E-state index contributed by atoms with van der Waals surface area (Å²) in [6, 6.07) is 13.6. The maximum atomic E-state index is 4.20. The van der Waals surface area contributed by atoms with Crippen molar-refractivity contribution >= 4 is 43.2 Å². The number of nitrogens with zero attached hydrogens (tertiary/aromatic N) is 2. The average molecular weight is 384 g/mol. The Morgan fingerprint density at radius 2 is 1.26 bits per heavy atom. The van der Waals surface area contributed by atoms with Crippen LogP contribution in [0.15, 0.2) is 61.6 Å². The van der Waals surface area contributed by atoms with E-state index in [2.05, 4.69) is 42.1 Å². The topological polar surface area (TPSA) is 24.7 Å². The average Bonchev–Trinajstić information content (AvgIpc) is 2.45. The Kier molecular flexibility index (Phi) is 6.95. The van der Waals surface area contributed by atoms with Crippen molar-refractivity contribution < 1.29 is 0 Å². The summed E-state index contributed by atoms with van der Waals surface area (Å²) in [5, 5.41) is 8.38. The molecule has 0 saturated carbocycles. The van der Waals surface area contributed by atoms with Crippen molar-refractivity contribution in [3.05, 3.63) is 57.0 Å². The first-order chi connectivity index (χ1) is 9.16. The second kappa shape index (κ2) is 8.23. The predicted octanol–water partition coefficient (Wildman–Crippen LogP) is 6.96. The number of hydrogen-bond donors (Lipinski definition) is 0. The minimum atomic E-state index is 0.818. The lowest BCUT2D eigenvalue weighted by molar-refractivity contribution is 1.22. The number of azo groups is 1. The molecule has 0 aromatic heterocycles. The Morgan fingerprint density at radius 3 is 1.79 bits per heavy atom. The Labute approximate surface area is 131 Å². The molecule has 2 aromatic rings. The van der Waals surface area contributed by atoms with E-state index in [9.17, 15) is 0 Å². The van der Waals surface area contributed by atoms with Crippen LogP contribution >= 0.6 is 31.9 Å². The van der Waals surface area contributed by atoms with Crippen LogP contribution in [0.25, 0.3) is 0 Å². The van der Waals surface area contributed by atoms with Crippen LogP contribution in [-0.2, 0) is 0 Å². The third kappa shape index (κ3) is 4.88. The van der Waals surface area contributed by atoms with E-state index in [1.807, 2.05) is 63.2 Å². The van der Waals surface area contributed by atoms with Gasteiger partial charge in [0.15, 0.2) is 0 Å². The lowest BCUT2D eigenvalue weighted by atomic mass is 10.2. The lowest BCUT2D eigenvalue weighted by Gasteiger charge is -2.02. The summed E-state index contributed by atoms with van der Waals surface area (Å²) in [4.78, 5) is 0. The largest absolute Gasteiger partial charge is 0.151 e. The van der Waals surface area contributed by atoms with Gasteiger partial charge in [0.2, 0.25) is 0 Å². The molecule has 0 atom stereocenters. The van der Waals surface area contributed by atoms with Gasteiger partial charge in [-0.3, -0.25) is 0 Å². The molecule has 2 rings (SSSR count). The van der Waals surface area contributed by atoms with E-state index in [4.69, 9.17) is 0 Å². The van der Waals surface area contributed by atoms with Gasteiger partial charge in [-0.25, -0.2) is 0 Å². The zero-order chi connectivity index (χ0) is 14.3. The van der Waals surface area contributed by atoms with E-state index in [1.165, 1.54) is 0 Å². The van der Waals surface area contributed by atoms with Crippen LogP contribution in [0.2, 0.25) is 0 Å². The number of halogens is 2. The first-order valence-corrected chi connectivity index (χ1v) is 7.68. The van der Waals surface area contributed by atoms with E-state index in [1.54, 1.807) is 0 Å².